The molecule has 0 saturated heterocycles. The maximum atomic E-state index is 13.6. The van der Waals surface area contributed by atoms with Crippen LogP contribution in [0.4, 0.5) is 0 Å². The summed E-state index contributed by atoms with van der Waals surface area (Å²) in [4.78, 5) is 32.4. The largest absolute Gasteiger partial charge is 0.424 e. The summed E-state index contributed by atoms with van der Waals surface area (Å²) in [6, 6.07) is 11.2. The smallest absolute Gasteiger partial charge is 0.343 e. The Morgan fingerprint density at radius 2 is 1.62 bits per heavy atom. The second-order valence-electron chi connectivity index (χ2n) is 8.58. The molecule has 0 aromatic heterocycles. The summed E-state index contributed by atoms with van der Waals surface area (Å²) in [5, 5.41) is 1.25. The lowest BCUT2D eigenvalue weighted by Crippen LogP contribution is -2.44. The minimum atomic E-state index is -1.02. The van der Waals surface area contributed by atoms with Gasteiger partial charge in [0.05, 0.1) is 11.1 Å². The number of rotatable bonds is 7. The topological polar surface area (TPSA) is 65.1 Å². The minimum absolute atomic E-state index is 0.0795. The molecular formula is C26H31NO5. The molecule has 0 radical (unpaired) electrons. The van der Waals surface area contributed by atoms with E-state index >= 15 is 0 Å². The highest BCUT2D eigenvalue weighted by Gasteiger charge is 2.50. The van der Waals surface area contributed by atoms with Crippen LogP contribution >= 0.6 is 0 Å². The number of esters is 1. The molecule has 3 rings (SSSR count). The predicted octanol–water partition coefficient (Wildman–Crippen LogP) is 5.03. The van der Waals surface area contributed by atoms with Crippen molar-refractivity contribution in [2.24, 2.45) is 0 Å². The van der Waals surface area contributed by atoms with Gasteiger partial charge in [-0.25, -0.2) is 14.7 Å². The van der Waals surface area contributed by atoms with E-state index in [4.69, 9.17) is 14.3 Å². The van der Waals surface area contributed by atoms with Gasteiger partial charge in [0.1, 0.15) is 11.3 Å². The average Bonchev–Trinajstić information content (AvgIpc) is 2.88. The van der Waals surface area contributed by atoms with Crippen LogP contribution in [0.3, 0.4) is 0 Å². The zero-order valence-electron chi connectivity index (χ0n) is 19.9. The van der Waals surface area contributed by atoms with E-state index < -0.39 is 11.5 Å². The van der Waals surface area contributed by atoms with Crippen LogP contribution in [0.5, 0.6) is 0 Å². The van der Waals surface area contributed by atoms with Crippen molar-refractivity contribution in [2.45, 2.75) is 54.0 Å². The quantitative estimate of drug-likeness (QED) is 0.345. The highest BCUT2D eigenvalue weighted by molar-refractivity contribution is 6.23. The number of hydroxylamine groups is 2. The molecule has 0 aliphatic carbocycles. The van der Waals surface area contributed by atoms with Crippen LogP contribution in [0.25, 0.3) is 5.57 Å². The molecule has 0 atom stereocenters. The maximum Gasteiger partial charge on any atom is 0.343 e. The van der Waals surface area contributed by atoms with Crippen molar-refractivity contribution >= 4 is 17.4 Å². The van der Waals surface area contributed by atoms with Gasteiger partial charge in [0.15, 0.2) is 6.79 Å². The van der Waals surface area contributed by atoms with Crippen LogP contribution < -0.4 is 0 Å². The fourth-order valence-electron chi connectivity index (χ4n) is 4.16. The summed E-state index contributed by atoms with van der Waals surface area (Å²) in [5.41, 5.74) is 4.27. The standard InChI is InChI=1S/C26H31NO5/c1-8-30-15-31-27-24(28)22(21-18(4)13-16(2)14-19(21)5)23(26(27,6)7)32-25(29)20-12-10-9-11-17(20)3/h9-14H,8,15H2,1-7H3. The molecule has 0 bridgehead atoms. The third-order valence-corrected chi connectivity index (χ3v) is 5.64. The molecule has 6 nitrogen and oxygen atoms in total. The molecule has 1 aliphatic heterocycles. The normalized spacial score (nSPS) is 15.5. The van der Waals surface area contributed by atoms with E-state index in [2.05, 4.69) is 0 Å². The molecule has 1 amide bonds. The summed E-state index contributed by atoms with van der Waals surface area (Å²) in [6.45, 7) is 13.6. The number of aryl methyl sites for hydroxylation is 4. The summed E-state index contributed by atoms with van der Waals surface area (Å²) in [6.07, 6.45) is 0. The summed E-state index contributed by atoms with van der Waals surface area (Å²) in [5.74, 6) is -0.606. The third-order valence-electron chi connectivity index (χ3n) is 5.64. The first kappa shape index (κ1) is 23.7. The Morgan fingerprint density at radius 1 is 1.00 bits per heavy atom. The van der Waals surface area contributed by atoms with E-state index in [0.29, 0.717) is 17.7 Å². The summed E-state index contributed by atoms with van der Waals surface area (Å²) < 4.78 is 11.3. The van der Waals surface area contributed by atoms with Gasteiger partial charge < -0.3 is 9.47 Å². The Kier molecular flexibility index (Phi) is 6.86. The van der Waals surface area contributed by atoms with Crippen LogP contribution in [0.1, 0.15) is 58.9 Å². The first-order valence-corrected chi connectivity index (χ1v) is 10.8. The van der Waals surface area contributed by atoms with Crippen molar-refractivity contribution in [2.75, 3.05) is 13.4 Å². The zero-order chi connectivity index (χ0) is 23.6. The number of hydrogen-bond donors (Lipinski definition) is 0. The van der Waals surface area contributed by atoms with Crippen LogP contribution in [0.2, 0.25) is 0 Å². The van der Waals surface area contributed by atoms with Gasteiger partial charge in [0.25, 0.3) is 5.91 Å². The molecule has 32 heavy (non-hydrogen) atoms. The maximum absolute atomic E-state index is 13.6. The SMILES string of the molecule is CCOCON1C(=O)C(c2c(C)cc(C)cc2C)=C(OC(=O)c2ccccc2C)C1(C)C. The monoisotopic (exact) mass is 437 g/mol. The van der Waals surface area contributed by atoms with Crippen molar-refractivity contribution in [3.05, 3.63) is 75.5 Å². The van der Waals surface area contributed by atoms with Crippen molar-refractivity contribution in [1.82, 2.24) is 5.06 Å². The van der Waals surface area contributed by atoms with Gasteiger partial charge in [-0.1, -0.05) is 35.9 Å². The lowest BCUT2D eigenvalue weighted by molar-refractivity contribution is -0.242. The van der Waals surface area contributed by atoms with E-state index in [0.717, 1.165) is 27.8 Å². The molecular weight excluding hydrogens is 406 g/mol. The van der Waals surface area contributed by atoms with Crippen LogP contribution in [-0.4, -0.2) is 35.9 Å². The minimum Gasteiger partial charge on any atom is -0.424 e. The van der Waals surface area contributed by atoms with Crippen LogP contribution in [0.15, 0.2) is 42.2 Å². The number of benzene rings is 2. The van der Waals surface area contributed by atoms with E-state index in [1.165, 1.54) is 5.06 Å². The van der Waals surface area contributed by atoms with Gasteiger partial charge in [-0.3, -0.25) is 4.79 Å². The molecule has 2 aromatic carbocycles. The van der Waals surface area contributed by atoms with Gasteiger partial charge in [-0.15, -0.1) is 0 Å². The van der Waals surface area contributed by atoms with E-state index in [-0.39, 0.29) is 18.5 Å². The highest BCUT2D eigenvalue weighted by Crippen LogP contribution is 2.43. The number of nitrogens with zero attached hydrogens (tertiary/aromatic N) is 1. The predicted molar refractivity (Wildman–Crippen MR) is 123 cm³/mol. The molecule has 0 spiro atoms. The van der Waals surface area contributed by atoms with Crippen molar-refractivity contribution in [3.63, 3.8) is 0 Å². The van der Waals surface area contributed by atoms with Crippen molar-refractivity contribution in [3.8, 4) is 0 Å². The second kappa shape index (κ2) is 9.27. The summed E-state index contributed by atoms with van der Waals surface area (Å²) in [7, 11) is 0. The van der Waals surface area contributed by atoms with E-state index in [9.17, 15) is 9.59 Å². The van der Waals surface area contributed by atoms with Gasteiger partial charge in [-0.05, 0) is 76.8 Å². The molecule has 170 valence electrons. The van der Waals surface area contributed by atoms with Gasteiger partial charge in [-0.2, -0.15) is 0 Å². The molecule has 6 heteroatoms. The Balaban J connectivity index is 2.14. The Morgan fingerprint density at radius 3 is 2.22 bits per heavy atom. The lowest BCUT2D eigenvalue weighted by Gasteiger charge is -2.31. The summed E-state index contributed by atoms with van der Waals surface area (Å²) >= 11 is 0. The van der Waals surface area contributed by atoms with Crippen molar-refractivity contribution < 1.29 is 23.9 Å². The fourth-order valence-corrected chi connectivity index (χ4v) is 4.16. The van der Waals surface area contributed by atoms with Gasteiger partial charge >= 0.3 is 5.97 Å². The number of carbonyl (C=O) groups is 2. The molecule has 1 aliphatic rings. The molecule has 0 unspecified atom stereocenters. The number of ether oxygens (including phenoxy) is 2. The Labute approximate surface area is 189 Å². The van der Waals surface area contributed by atoms with E-state index in [1.807, 2.05) is 58.9 Å². The van der Waals surface area contributed by atoms with Crippen molar-refractivity contribution in [1.29, 1.82) is 0 Å². The average molecular weight is 438 g/mol. The fraction of sp³-hybridized carbons (Fsp3) is 0.385. The molecule has 0 fully saturated rings. The third kappa shape index (κ3) is 4.33. The first-order valence-electron chi connectivity index (χ1n) is 10.8. The second-order valence-corrected chi connectivity index (χ2v) is 8.58. The van der Waals surface area contributed by atoms with Gasteiger partial charge in [0, 0.05) is 6.61 Å². The molecule has 0 N–H and O–H groups in total. The van der Waals surface area contributed by atoms with Crippen LogP contribution in [-0.2, 0) is 19.1 Å². The number of hydrogen-bond acceptors (Lipinski definition) is 5. The van der Waals surface area contributed by atoms with Gasteiger partial charge in [0.2, 0.25) is 0 Å². The highest BCUT2D eigenvalue weighted by atomic mass is 16.8. The van der Waals surface area contributed by atoms with Crippen LogP contribution in [0, 0.1) is 27.7 Å². The zero-order valence-corrected chi connectivity index (χ0v) is 19.9. The molecule has 2 aromatic rings. The first-order chi connectivity index (χ1) is 15.1. The molecule has 0 saturated carbocycles. The lowest BCUT2D eigenvalue weighted by atomic mass is 9.91. The number of amides is 1. The molecule has 1 heterocycles. The van der Waals surface area contributed by atoms with E-state index in [1.54, 1.807) is 26.0 Å². The Hall–Kier alpha value is -2.96. The number of carbonyl (C=O) groups excluding carboxylic acids is 2. The Bertz CT molecular complexity index is 1060.